The predicted octanol–water partition coefficient (Wildman–Crippen LogP) is 3.70. The lowest BCUT2D eigenvalue weighted by atomic mass is 10.1. The fraction of sp³-hybridized carbons (Fsp3) is 0.214. The van der Waals surface area contributed by atoms with Gasteiger partial charge in [0.05, 0.1) is 16.9 Å². The molecule has 0 aliphatic rings. The Kier molecular flexibility index (Phi) is 3.06. The summed E-state index contributed by atoms with van der Waals surface area (Å²) in [4.78, 5) is 8.78. The van der Waals surface area contributed by atoms with Gasteiger partial charge in [0, 0.05) is 23.1 Å². The first kappa shape index (κ1) is 12.3. The largest absolute Gasteiger partial charge is 0.254 e. The van der Waals surface area contributed by atoms with Crippen LogP contribution in [0.5, 0.6) is 0 Å². The molecule has 3 aromatic heterocycles. The average Bonchev–Trinajstić information content (AvgIpc) is 2.87. The van der Waals surface area contributed by atoms with Crippen LogP contribution in [0.4, 0.5) is 0 Å². The molecule has 0 aliphatic heterocycles. The summed E-state index contributed by atoms with van der Waals surface area (Å²) in [5, 5.41) is 4.59. The Balaban J connectivity index is 2.18. The van der Waals surface area contributed by atoms with E-state index in [2.05, 4.69) is 44.8 Å². The SMILES string of the molecule is CC(C)c1ccn(-c2ccnc3cc(Br)cnc23)n1. The lowest BCUT2D eigenvalue weighted by molar-refractivity contribution is 0.769. The van der Waals surface area contributed by atoms with Crippen molar-refractivity contribution in [2.24, 2.45) is 0 Å². The fourth-order valence-corrected chi connectivity index (χ4v) is 2.28. The van der Waals surface area contributed by atoms with Crippen LogP contribution >= 0.6 is 15.9 Å². The molecule has 19 heavy (non-hydrogen) atoms. The second-order valence-electron chi connectivity index (χ2n) is 4.69. The van der Waals surface area contributed by atoms with E-state index in [-0.39, 0.29) is 0 Å². The van der Waals surface area contributed by atoms with Gasteiger partial charge < -0.3 is 0 Å². The number of pyridine rings is 2. The zero-order chi connectivity index (χ0) is 13.4. The summed E-state index contributed by atoms with van der Waals surface area (Å²) >= 11 is 3.41. The van der Waals surface area contributed by atoms with Crippen LogP contribution in [-0.2, 0) is 0 Å². The monoisotopic (exact) mass is 316 g/mol. The van der Waals surface area contributed by atoms with Gasteiger partial charge in [-0.2, -0.15) is 5.10 Å². The average molecular weight is 317 g/mol. The molecule has 0 aliphatic carbocycles. The summed E-state index contributed by atoms with van der Waals surface area (Å²) in [6.45, 7) is 4.26. The lowest BCUT2D eigenvalue weighted by Gasteiger charge is -2.05. The van der Waals surface area contributed by atoms with Crippen LogP contribution in [0.3, 0.4) is 0 Å². The molecule has 96 valence electrons. The molecule has 3 rings (SSSR count). The number of hydrogen-bond donors (Lipinski definition) is 0. The van der Waals surface area contributed by atoms with Gasteiger partial charge in [-0.3, -0.25) is 9.97 Å². The number of hydrogen-bond acceptors (Lipinski definition) is 3. The first-order valence-corrected chi connectivity index (χ1v) is 6.90. The molecule has 4 nitrogen and oxygen atoms in total. The van der Waals surface area contributed by atoms with Crippen LogP contribution in [-0.4, -0.2) is 19.7 Å². The summed E-state index contributed by atoms with van der Waals surface area (Å²) in [6.07, 6.45) is 5.52. The standard InChI is InChI=1S/C14H13BrN4/c1-9(2)11-4-6-19(18-11)13-3-5-16-12-7-10(15)8-17-14(12)13/h3-9H,1-2H3. The van der Waals surface area contributed by atoms with Crippen molar-refractivity contribution in [3.05, 3.63) is 47.0 Å². The fourth-order valence-electron chi connectivity index (χ4n) is 1.96. The summed E-state index contributed by atoms with van der Waals surface area (Å²) in [7, 11) is 0. The van der Waals surface area contributed by atoms with Gasteiger partial charge in [0.25, 0.3) is 0 Å². The zero-order valence-electron chi connectivity index (χ0n) is 10.7. The molecule has 0 amide bonds. The third-order valence-electron chi connectivity index (χ3n) is 2.97. The Morgan fingerprint density at radius 2 is 2.05 bits per heavy atom. The highest BCUT2D eigenvalue weighted by Gasteiger charge is 2.09. The molecule has 0 bridgehead atoms. The van der Waals surface area contributed by atoms with Crippen LogP contribution in [0.15, 0.2) is 41.3 Å². The van der Waals surface area contributed by atoms with Crippen molar-refractivity contribution in [1.82, 2.24) is 19.7 Å². The molecule has 3 heterocycles. The predicted molar refractivity (Wildman–Crippen MR) is 78.4 cm³/mol. The van der Waals surface area contributed by atoms with Gasteiger partial charge >= 0.3 is 0 Å². The van der Waals surface area contributed by atoms with Gasteiger partial charge in [-0.15, -0.1) is 0 Å². The van der Waals surface area contributed by atoms with Gasteiger partial charge in [-0.1, -0.05) is 13.8 Å². The maximum absolute atomic E-state index is 4.59. The topological polar surface area (TPSA) is 43.6 Å². The first-order valence-electron chi connectivity index (χ1n) is 6.11. The molecular formula is C14H13BrN4. The van der Waals surface area contributed by atoms with E-state index in [1.165, 1.54) is 0 Å². The Morgan fingerprint density at radius 3 is 2.79 bits per heavy atom. The molecule has 3 aromatic rings. The first-order chi connectivity index (χ1) is 9.15. The van der Waals surface area contributed by atoms with Crippen molar-refractivity contribution in [2.75, 3.05) is 0 Å². The Hall–Kier alpha value is -1.75. The maximum atomic E-state index is 4.59. The van der Waals surface area contributed by atoms with Crippen LogP contribution in [0.1, 0.15) is 25.5 Å². The number of halogens is 1. The Morgan fingerprint density at radius 1 is 1.21 bits per heavy atom. The van der Waals surface area contributed by atoms with Crippen molar-refractivity contribution in [3.8, 4) is 5.69 Å². The van der Waals surface area contributed by atoms with E-state index < -0.39 is 0 Å². The molecule has 0 N–H and O–H groups in total. The van der Waals surface area contributed by atoms with Gasteiger partial charge in [0.1, 0.15) is 5.52 Å². The van der Waals surface area contributed by atoms with E-state index in [1.807, 2.05) is 29.1 Å². The number of rotatable bonds is 2. The number of fused-ring (bicyclic) bond motifs is 1. The molecular weight excluding hydrogens is 304 g/mol. The van der Waals surface area contributed by atoms with Crippen molar-refractivity contribution in [1.29, 1.82) is 0 Å². The molecule has 5 heteroatoms. The minimum atomic E-state index is 0.413. The van der Waals surface area contributed by atoms with Crippen LogP contribution in [0.2, 0.25) is 0 Å². The highest BCUT2D eigenvalue weighted by atomic mass is 79.9. The van der Waals surface area contributed by atoms with Gasteiger partial charge in [0.15, 0.2) is 0 Å². The minimum absolute atomic E-state index is 0.413. The highest BCUT2D eigenvalue weighted by molar-refractivity contribution is 9.10. The minimum Gasteiger partial charge on any atom is -0.254 e. The van der Waals surface area contributed by atoms with E-state index in [4.69, 9.17) is 0 Å². The molecule has 0 radical (unpaired) electrons. The van der Waals surface area contributed by atoms with Crippen LogP contribution in [0.25, 0.3) is 16.7 Å². The van der Waals surface area contributed by atoms with Crippen molar-refractivity contribution < 1.29 is 0 Å². The normalized spacial score (nSPS) is 11.4. The molecule has 0 aromatic carbocycles. The van der Waals surface area contributed by atoms with Crippen LogP contribution in [0, 0.1) is 0 Å². The number of nitrogens with zero attached hydrogens (tertiary/aromatic N) is 4. The quantitative estimate of drug-likeness (QED) is 0.724. The summed E-state index contributed by atoms with van der Waals surface area (Å²) < 4.78 is 2.79. The summed E-state index contributed by atoms with van der Waals surface area (Å²) in [5.41, 5.74) is 3.73. The Labute approximate surface area is 119 Å². The third kappa shape index (κ3) is 2.26. The number of aromatic nitrogens is 4. The van der Waals surface area contributed by atoms with Crippen molar-refractivity contribution in [2.45, 2.75) is 19.8 Å². The van der Waals surface area contributed by atoms with E-state index >= 15 is 0 Å². The van der Waals surface area contributed by atoms with Gasteiger partial charge in [0.2, 0.25) is 0 Å². The smallest absolute Gasteiger partial charge is 0.114 e. The third-order valence-corrected chi connectivity index (χ3v) is 3.40. The molecule has 0 saturated carbocycles. The van der Waals surface area contributed by atoms with Crippen molar-refractivity contribution >= 4 is 27.0 Å². The molecule has 0 saturated heterocycles. The van der Waals surface area contributed by atoms with E-state index in [0.29, 0.717) is 5.92 Å². The zero-order valence-corrected chi connectivity index (χ0v) is 12.3. The van der Waals surface area contributed by atoms with Crippen molar-refractivity contribution in [3.63, 3.8) is 0 Å². The summed E-state index contributed by atoms with van der Waals surface area (Å²) in [6, 6.07) is 5.93. The second kappa shape index (κ2) is 4.74. The highest BCUT2D eigenvalue weighted by Crippen LogP contribution is 2.22. The van der Waals surface area contributed by atoms with Gasteiger partial charge in [-0.25, -0.2) is 4.68 Å². The van der Waals surface area contributed by atoms with E-state index in [9.17, 15) is 0 Å². The molecule has 0 unspecified atom stereocenters. The molecule has 0 fully saturated rings. The van der Waals surface area contributed by atoms with Gasteiger partial charge in [-0.05, 0) is 40.0 Å². The maximum Gasteiger partial charge on any atom is 0.114 e. The van der Waals surface area contributed by atoms with E-state index in [1.54, 1.807) is 12.4 Å². The second-order valence-corrected chi connectivity index (χ2v) is 5.61. The lowest BCUT2D eigenvalue weighted by Crippen LogP contribution is -2.00. The van der Waals surface area contributed by atoms with E-state index in [0.717, 1.165) is 26.9 Å². The molecule has 0 spiro atoms. The van der Waals surface area contributed by atoms with Crippen LogP contribution < -0.4 is 0 Å². The summed E-state index contributed by atoms with van der Waals surface area (Å²) in [5.74, 6) is 0.413. The molecule has 0 atom stereocenters. The Bertz CT molecular complexity index is 733.